The number of rotatable bonds is 9. The van der Waals surface area contributed by atoms with Crippen LogP contribution in [-0.2, 0) is 11.3 Å². The molecule has 0 fully saturated rings. The van der Waals surface area contributed by atoms with Crippen molar-refractivity contribution in [1.82, 2.24) is 0 Å². The second-order valence-corrected chi connectivity index (χ2v) is 6.75. The minimum Gasteiger partial charge on any atom is -0.502 e. The number of nitro groups is 1. The SMILES string of the molecule is C=CCOCc1cc(-c2oc3c([N+](=O)[O-])cc(C)cc3c(=O)c2O)ccc1OCC=C. The van der Waals surface area contributed by atoms with Crippen molar-refractivity contribution in [3.63, 3.8) is 0 Å². The first-order valence-electron chi connectivity index (χ1n) is 9.37. The molecule has 0 spiro atoms. The largest absolute Gasteiger partial charge is 0.502 e. The molecule has 0 aliphatic rings. The number of fused-ring (bicyclic) bond motifs is 1. The van der Waals surface area contributed by atoms with Gasteiger partial charge in [0.05, 0.1) is 23.5 Å². The van der Waals surface area contributed by atoms with Crippen molar-refractivity contribution < 1.29 is 23.9 Å². The van der Waals surface area contributed by atoms with Gasteiger partial charge >= 0.3 is 5.69 Å². The molecule has 8 heteroatoms. The van der Waals surface area contributed by atoms with E-state index in [1.54, 1.807) is 37.3 Å². The third-order valence-electron chi connectivity index (χ3n) is 4.46. The third kappa shape index (κ3) is 4.49. The second kappa shape index (κ2) is 9.27. The number of aryl methyl sites for hydroxylation is 1. The van der Waals surface area contributed by atoms with Crippen molar-refractivity contribution in [3.05, 3.63) is 87.1 Å². The summed E-state index contributed by atoms with van der Waals surface area (Å²) < 4.78 is 16.8. The summed E-state index contributed by atoms with van der Waals surface area (Å²) in [4.78, 5) is 23.6. The van der Waals surface area contributed by atoms with Gasteiger partial charge in [-0.15, -0.1) is 6.58 Å². The van der Waals surface area contributed by atoms with Crippen LogP contribution < -0.4 is 10.2 Å². The average molecular weight is 423 g/mol. The maximum atomic E-state index is 12.7. The van der Waals surface area contributed by atoms with Crippen LogP contribution >= 0.6 is 0 Å². The van der Waals surface area contributed by atoms with Crippen LogP contribution in [0.15, 0.2) is 64.9 Å². The number of aromatic hydroxyl groups is 1. The standard InChI is InChI=1S/C23H21NO7/c1-4-8-29-13-16-12-15(6-7-19(16)30-9-5-2)22-21(26)20(25)17-10-14(3)11-18(24(27)28)23(17)31-22/h4-7,10-12,26H,1-2,8-9,13H2,3H3. The monoisotopic (exact) mass is 423 g/mol. The lowest BCUT2D eigenvalue weighted by Gasteiger charge is -2.13. The van der Waals surface area contributed by atoms with Crippen molar-refractivity contribution in [2.45, 2.75) is 13.5 Å². The molecule has 0 aliphatic carbocycles. The Kier molecular flexibility index (Phi) is 6.52. The first-order chi connectivity index (χ1) is 14.9. The van der Waals surface area contributed by atoms with Gasteiger partial charge in [0.15, 0.2) is 5.76 Å². The van der Waals surface area contributed by atoms with Crippen LogP contribution in [0.1, 0.15) is 11.1 Å². The average Bonchev–Trinajstić information content (AvgIpc) is 2.75. The van der Waals surface area contributed by atoms with Crippen LogP contribution in [0.2, 0.25) is 0 Å². The summed E-state index contributed by atoms with van der Waals surface area (Å²) in [5.74, 6) is -0.285. The quantitative estimate of drug-likeness (QED) is 0.231. The van der Waals surface area contributed by atoms with Crippen LogP contribution in [0.3, 0.4) is 0 Å². The van der Waals surface area contributed by atoms with Gasteiger partial charge in [0, 0.05) is 17.2 Å². The summed E-state index contributed by atoms with van der Waals surface area (Å²) in [5.41, 5.74) is 0.165. The topological polar surface area (TPSA) is 112 Å². The number of nitrogens with zero attached hydrogens (tertiary/aromatic N) is 1. The molecule has 0 aliphatic heterocycles. The van der Waals surface area contributed by atoms with Crippen molar-refractivity contribution in [2.75, 3.05) is 13.2 Å². The van der Waals surface area contributed by atoms with Gasteiger partial charge in [0.1, 0.15) is 12.4 Å². The molecule has 1 N–H and O–H groups in total. The second-order valence-electron chi connectivity index (χ2n) is 6.75. The Labute approximate surface area is 177 Å². The summed E-state index contributed by atoms with van der Waals surface area (Å²) in [7, 11) is 0. The maximum Gasteiger partial charge on any atom is 0.312 e. The zero-order chi connectivity index (χ0) is 22.5. The van der Waals surface area contributed by atoms with Gasteiger partial charge < -0.3 is 19.0 Å². The van der Waals surface area contributed by atoms with Crippen molar-refractivity contribution in [1.29, 1.82) is 0 Å². The van der Waals surface area contributed by atoms with E-state index in [-0.39, 0.29) is 35.6 Å². The van der Waals surface area contributed by atoms with Gasteiger partial charge in [-0.25, -0.2) is 0 Å². The predicted octanol–water partition coefficient (Wildman–Crippen LogP) is 4.65. The molecule has 0 unspecified atom stereocenters. The highest BCUT2D eigenvalue weighted by Crippen LogP contribution is 2.36. The van der Waals surface area contributed by atoms with E-state index in [2.05, 4.69) is 13.2 Å². The highest BCUT2D eigenvalue weighted by molar-refractivity contribution is 5.89. The molecule has 0 bridgehead atoms. The Balaban J connectivity index is 2.20. The molecule has 160 valence electrons. The van der Waals surface area contributed by atoms with Crippen molar-refractivity contribution in [3.8, 4) is 22.8 Å². The van der Waals surface area contributed by atoms with Gasteiger partial charge in [0.25, 0.3) is 0 Å². The fourth-order valence-corrected chi connectivity index (χ4v) is 3.12. The van der Waals surface area contributed by atoms with E-state index in [0.717, 1.165) is 0 Å². The zero-order valence-corrected chi connectivity index (χ0v) is 16.9. The lowest BCUT2D eigenvalue weighted by Crippen LogP contribution is -2.05. The molecule has 1 heterocycles. The maximum absolute atomic E-state index is 12.7. The molecule has 3 aromatic rings. The smallest absolute Gasteiger partial charge is 0.312 e. The van der Waals surface area contributed by atoms with E-state index in [9.17, 15) is 20.0 Å². The van der Waals surface area contributed by atoms with Crippen LogP contribution in [-0.4, -0.2) is 23.2 Å². The van der Waals surface area contributed by atoms with Gasteiger partial charge in [-0.05, 0) is 36.8 Å². The Morgan fingerprint density at radius 3 is 2.61 bits per heavy atom. The fraction of sp³-hybridized carbons (Fsp3) is 0.174. The van der Waals surface area contributed by atoms with E-state index in [0.29, 0.717) is 29.0 Å². The highest BCUT2D eigenvalue weighted by Gasteiger charge is 2.23. The molecule has 0 saturated carbocycles. The van der Waals surface area contributed by atoms with Crippen LogP contribution in [0, 0.1) is 17.0 Å². The number of benzene rings is 2. The number of non-ortho nitro benzene ring substituents is 1. The number of hydrogen-bond donors (Lipinski definition) is 1. The Morgan fingerprint density at radius 1 is 1.19 bits per heavy atom. The summed E-state index contributed by atoms with van der Waals surface area (Å²) in [6, 6.07) is 7.61. The van der Waals surface area contributed by atoms with E-state index in [4.69, 9.17) is 13.9 Å². The highest BCUT2D eigenvalue weighted by atomic mass is 16.6. The first-order valence-corrected chi connectivity index (χ1v) is 9.37. The lowest BCUT2D eigenvalue weighted by molar-refractivity contribution is -0.383. The number of nitro benzene ring substituents is 1. The molecule has 0 saturated heterocycles. The van der Waals surface area contributed by atoms with Crippen LogP contribution in [0.25, 0.3) is 22.3 Å². The number of hydrogen-bond acceptors (Lipinski definition) is 7. The van der Waals surface area contributed by atoms with Gasteiger partial charge in [0.2, 0.25) is 16.8 Å². The zero-order valence-electron chi connectivity index (χ0n) is 16.9. The van der Waals surface area contributed by atoms with E-state index in [1.807, 2.05) is 0 Å². The molecular weight excluding hydrogens is 402 g/mol. The van der Waals surface area contributed by atoms with Crippen molar-refractivity contribution in [2.24, 2.45) is 0 Å². The predicted molar refractivity (Wildman–Crippen MR) is 117 cm³/mol. The summed E-state index contributed by atoms with van der Waals surface area (Å²) in [5, 5.41) is 21.9. The molecule has 31 heavy (non-hydrogen) atoms. The molecule has 0 radical (unpaired) electrons. The van der Waals surface area contributed by atoms with Gasteiger partial charge in [-0.2, -0.15) is 0 Å². The van der Waals surface area contributed by atoms with Gasteiger partial charge in [-0.3, -0.25) is 14.9 Å². The Bertz CT molecular complexity index is 1230. The fourth-order valence-electron chi connectivity index (χ4n) is 3.12. The molecule has 1 aromatic heterocycles. The first kappa shape index (κ1) is 21.8. The molecule has 8 nitrogen and oxygen atoms in total. The Hall–Kier alpha value is -3.91. The minimum atomic E-state index is -0.750. The molecule has 2 aromatic carbocycles. The van der Waals surface area contributed by atoms with E-state index >= 15 is 0 Å². The minimum absolute atomic E-state index is 0.0616. The number of ether oxygens (including phenoxy) is 2. The molecule has 3 rings (SSSR count). The molecule has 0 atom stereocenters. The summed E-state index contributed by atoms with van der Waals surface area (Å²) in [6.07, 6.45) is 3.20. The summed E-state index contributed by atoms with van der Waals surface area (Å²) in [6.45, 7) is 9.59. The van der Waals surface area contributed by atoms with Crippen LogP contribution in [0.5, 0.6) is 11.5 Å². The van der Waals surface area contributed by atoms with E-state index < -0.39 is 16.1 Å². The lowest BCUT2D eigenvalue weighted by atomic mass is 10.0. The van der Waals surface area contributed by atoms with Crippen molar-refractivity contribution >= 4 is 16.7 Å². The third-order valence-corrected chi connectivity index (χ3v) is 4.46. The molecular formula is C23H21NO7. The molecule has 0 amide bonds. The normalized spacial score (nSPS) is 10.7. The summed E-state index contributed by atoms with van der Waals surface area (Å²) >= 11 is 0. The van der Waals surface area contributed by atoms with E-state index in [1.165, 1.54) is 12.1 Å². The van der Waals surface area contributed by atoms with Gasteiger partial charge in [-0.1, -0.05) is 18.7 Å². The Morgan fingerprint density at radius 2 is 1.94 bits per heavy atom. The van der Waals surface area contributed by atoms with Crippen LogP contribution in [0.4, 0.5) is 5.69 Å².